The molecule has 4 rings (SSSR count). The smallest absolute Gasteiger partial charge is 0.315 e. The number of amides is 1. The van der Waals surface area contributed by atoms with Gasteiger partial charge in [-0.25, -0.2) is 0 Å². The molecule has 0 unspecified atom stereocenters. The third kappa shape index (κ3) is 3.14. The van der Waals surface area contributed by atoms with E-state index in [0.717, 1.165) is 5.56 Å². The van der Waals surface area contributed by atoms with Gasteiger partial charge in [-0.1, -0.05) is 17.3 Å². The zero-order chi connectivity index (χ0) is 19.1. The summed E-state index contributed by atoms with van der Waals surface area (Å²) in [6.07, 6.45) is -1.17. The topological polar surface area (TPSA) is 95.1 Å². The molecule has 0 bridgehead atoms. The molecule has 27 heavy (non-hydrogen) atoms. The minimum Gasteiger partial charge on any atom is -0.491 e. The van der Waals surface area contributed by atoms with Crippen LogP contribution >= 0.6 is 0 Å². The van der Waals surface area contributed by atoms with E-state index in [4.69, 9.17) is 4.74 Å². The first-order valence-corrected chi connectivity index (χ1v) is 8.12. The number of hydrogen-bond acceptors (Lipinski definition) is 6. The fourth-order valence-electron chi connectivity index (χ4n) is 2.97. The summed E-state index contributed by atoms with van der Waals surface area (Å²) in [7, 11) is 1.75. The number of benzene rings is 1. The number of carbonyl (C=O) groups is 1. The Morgan fingerprint density at radius 1 is 1.41 bits per heavy atom. The Labute approximate surface area is 152 Å². The SMILES string of the molecule is Cc1nn(C)cc1C(=O)N[C@@H]1COc2cc(-c3noc(C(F)F)n3)ccc21. The van der Waals surface area contributed by atoms with Crippen molar-refractivity contribution in [3.8, 4) is 17.1 Å². The Morgan fingerprint density at radius 3 is 2.89 bits per heavy atom. The summed E-state index contributed by atoms with van der Waals surface area (Å²) in [5, 5.41) is 10.6. The zero-order valence-corrected chi connectivity index (χ0v) is 14.4. The van der Waals surface area contributed by atoms with Crippen molar-refractivity contribution in [1.82, 2.24) is 25.2 Å². The zero-order valence-electron chi connectivity index (χ0n) is 14.4. The molecule has 0 saturated carbocycles. The van der Waals surface area contributed by atoms with Crippen molar-refractivity contribution in [3.63, 3.8) is 0 Å². The second-order valence-corrected chi connectivity index (χ2v) is 6.15. The average Bonchev–Trinajstić information content (AvgIpc) is 3.33. The summed E-state index contributed by atoms with van der Waals surface area (Å²) >= 11 is 0. The summed E-state index contributed by atoms with van der Waals surface area (Å²) < 4.78 is 36.9. The molecule has 0 saturated heterocycles. The lowest BCUT2D eigenvalue weighted by Crippen LogP contribution is -2.29. The van der Waals surface area contributed by atoms with E-state index >= 15 is 0 Å². The highest BCUT2D eigenvalue weighted by Crippen LogP contribution is 2.35. The maximum absolute atomic E-state index is 12.6. The fourth-order valence-corrected chi connectivity index (χ4v) is 2.97. The van der Waals surface area contributed by atoms with Gasteiger partial charge in [0.05, 0.1) is 17.3 Å². The Kier molecular flexibility index (Phi) is 4.09. The van der Waals surface area contributed by atoms with Gasteiger partial charge in [-0.05, 0) is 13.0 Å². The van der Waals surface area contributed by atoms with Crippen molar-refractivity contribution in [2.24, 2.45) is 7.05 Å². The van der Waals surface area contributed by atoms with Crippen molar-refractivity contribution in [2.45, 2.75) is 19.4 Å². The number of aromatic nitrogens is 4. The van der Waals surface area contributed by atoms with E-state index in [9.17, 15) is 13.6 Å². The van der Waals surface area contributed by atoms with Gasteiger partial charge in [0.25, 0.3) is 11.8 Å². The van der Waals surface area contributed by atoms with Crippen molar-refractivity contribution in [1.29, 1.82) is 0 Å². The Balaban J connectivity index is 1.54. The van der Waals surface area contributed by atoms with E-state index in [1.54, 1.807) is 43.0 Å². The van der Waals surface area contributed by atoms with Gasteiger partial charge >= 0.3 is 6.43 Å². The number of nitrogens with one attached hydrogen (secondary N) is 1. The fraction of sp³-hybridized carbons (Fsp3) is 0.294. The normalized spacial score (nSPS) is 15.7. The molecule has 140 valence electrons. The third-order valence-electron chi connectivity index (χ3n) is 4.24. The van der Waals surface area contributed by atoms with Gasteiger partial charge in [-0.3, -0.25) is 9.48 Å². The summed E-state index contributed by atoms with van der Waals surface area (Å²) in [4.78, 5) is 16.1. The molecule has 3 aromatic rings. The first-order chi connectivity index (χ1) is 12.9. The standard InChI is InChI=1S/C17H15F2N5O3/c1-8-11(6-24(2)22-8)16(25)20-12-7-26-13-5-9(3-4-10(12)13)15-21-17(14(18)19)27-23-15/h3-6,12,14H,7H2,1-2H3,(H,20,25)/t12-/m1/s1. The third-order valence-corrected chi connectivity index (χ3v) is 4.24. The predicted molar refractivity (Wildman–Crippen MR) is 88.3 cm³/mol. The minimum absolute atomic E-state index is 0.0511. The lowest BCUT2D eigenvalue weighted by molar-refractivity contribution is 0.0929. The monoisotopic (exact) mass is 375 g/mol. The van der Waals surface area contributed by atoms with E-state index in [1.807, 2.05) is 0 Å². The van der Waals surface area contributed by atoms with Crippen LogP contribution in [-0.4, -0.2) is 32.4 Å². The number of aryl methyl sites for hydroxylation is 2. The number of hydrogen-bond donors (Lipinski definition) is 1. The summed E-state index contributed by atoms with van der Waals surface area (Å²) in [5.74, 6) is -0.395. The maximum atomic E-state index is 12.6. The molecule has 0 aliphatic carbocycles. The molecule has 8 nitrogen and oxygen atoms in total. The number of alkyl halides is 2. The molecule has 2 aromatic heterocycles. The van der Waals surface area contributed by atoms with Crippen LogP contribution in [-0.2, 0) is 7.05 Å². The Hall–Kier alpha value is -3.30. The molecule has 3 heterocycles. The van der Waals surface area contributed by atoms with E-state index in [1.165, 1.54) is 0 Å². The van der Waals surface area contributed by atoms with Gasteiger partial charge in [-0.15, -0.1) is 0 Å². The largest absolute Gasteiger partial charge is 0.491 e. The molecule has 1 aliphatic rings. The quantitative estimate of drug-likeness (QED) is 0.753. The lowest BCUT2D eigenvalue weighted by Gasteiger charge is -2.11. The number of carbonyl (C=O) groups excluding carboxylic acids is 1. The van der Waals surface area contributed by atoms with E-state index in [-0.39, 0.29) is 24.4 Å². The molecule has 0 spiro atoms. The van der Waals surface area contributed by atoms with Gasteiger partial charge in [0.1, 0.15) is 12.4 Å². The Bertz CT molecular complexity index is 1010. The van der Waals surface area contributed by atoms with Gasteiger partial charge in [-0.2, -0.15) is 18.9 Å². The molecule has 0 radical (unpaired) electrons. The predicted octanol–water partition coefficient (Wildman–Crippen LogP) is 2.58. The van der Waals surface area contributed by atoms with E-state index < -0.39 is 12.3 Å². The molecular formula is C17H15F2N5O3. The van der Waals surface area contributed by atoms with Crippen LogP contribution in [0.5, 0.6) is 5.75 Å². The van der Waals surface area contributed by atoms with Crippen molar-refractivity contribution in [2.75, 3.05) is 6.61 Å². The van der Waals surface area contributed by atoms with Crippen LogP contribution < -0.4 is 10.1 Å². The second-order valence-electron chi connectivity index (χ2n) is 6.15. The molecular weight excluding hydrogens is 360 g/mol. The summed E-state index contributed by atoms with van der Waals surface area (Å²) in [6, 6.07) is 4.72. The van der Waals surface area contributed by atoms with Crippen LogP contribution in [0, 0.1) is 6.92 Å². The molecule has 1 N–H and O–H groups in total. The average molecular weight is 375 g/mol. The van der Waals surface area contributed by atoms with E-state index in [2.05, 4.69) is 25.1 Å². The minimum atomic E-state index is -2.83. The van der Waals surface area contributed by atoms with Gasteiger partial charge < -0.3 is 14.6 Å². The van der Waals surface area contributed by atoms with Crippen LogP contribution in [0.25, 0.3) is 11.4 Å². The molecule has 10 heteroatoms. The highest BCUT2D eigenvalue weighted by Gasteiger charge is 2.28. The van der Waals surface area contributed by atoms with E-state index in [0.29, 0.717) is 22.6 Å². The van der Waals surface area contributed by atoms with Crippen molar-refractivity contribution in [3.05, 3.63) is 47.1 Å². The van der Waals surface area contributed by atoms with Crippen LogP contribution in [0.15, 0.2) is 28.9 Å². The highest BCUT2D eigenvalue weighted by atomic mass is 19.3. The van der Waals surface area contributed by atoms with Crippen LogP contribution in [0.1, 0.15) is 40.0 Å². The number of nitrogens with zero attached hydrogens (tertiary/aromatic N) is 4. The molecule has 1 amide bonds. The number of ether oxygens (including phenoxy) is 1. The first kappa shape index (κ1) is 17.1. The highest BCUT2D eigenvalue weighted by molar-refractivity contribution is 5.95. The van der Waals surface area contributed by atoms with Crippen molar-refractivity contribution < 1.29 is 22.8 Å². The summed E-state index contributed by atoms with van der Waals surface area (Å²) in [6.45, 7) is 2.03. The molecule has 1 aliphatic heterocycles. The lowest BCUT2D eigenvalue weighted by atomic mass is 10.1. The van der Waals surface area contributed by atoms with Crippen molar-refractivity contribution >= 4 is 5.91 Å². The van der Waals surface area contributed by atoms with Crippen LogP contribution in [0.4, 0.5) is 8.78 Å². The number of rotatable bonds is 4. The Morgan fingerprint density at radius 2 is 2.22 bits per heavy atom. The molecule has 1 aromatic carbocycles. The maximum Gasteiger partial charge on any atom is 0.315 e. The van der Waals surface area contributed by atoms with Crippen LogP contribution in [0.3, 0.4) is 0 Å². The number of halogens is 2. The number of fused-ring (bicyclic) bond motifs is 1. The van der Waals surface area contributed by atoms with Gasteiger partial charge in [0, 0.05) is 24.4 Å². The molecule has 0 fully saturated rings. The van der Waals surface area contributed by atoms with Crippen LogP contribution in [0.2, 0.25) is 0 Å². The van der Waals surface area contributed by atoms with Gasteiger partial charge in [0.15, 0.2) is 0 Å². The van der Waals surface area contributed by atoms with Gasteiger partial charge in [0.2, 0.25) is 5.82 Å². The molecule has 1 atom stereocenters. The second kappa shape index (κ2) is 6.45. The summed E-state index contributed by atoms with van der Waals surface area (Å²) in [5.41, 5.74) is 2.40. The first-order valence-electron chi connectivity index (χ1n) is 8.12.